The highest BCUT2D eigenvalue weighted by molar-refractivity contribution is 6.35. The molecule has 0 saturated heterocycles. The Bertz CT molecular complexity index is 392. The molecule has 100 valence electrons. The van der Waals surface area contributed by atoms with E-state index in [1.807, 2.05) is 18.2 Å². The molecule has 0 bridgehead atoms. The van der Waals surface area contributed by atoms with Gasteiger partial charge >= 0.3 is 0 Å². The number of benzene rings is 1. The van der Waals surface area contributed by atoms with Crippen LogP contribution in [-0.4, -0.2) is 6.54 Å². The Morgan fingerprint density at radius 1 is 1.28 bits per heavy atom. The van der Waals surface area contributed by atoms with Crippen LogP contribution in [0.25, 0.3) is 0 Å². The van der Waals surface area contributed by atoms with Gasteiger partial charge < -0.3 is 5.32 Å². The average Bonchev–Trinajstić information content (AvgIpc) is 2.32. The molecule has 1 aromatic carbocycles. The molecule has 0 radical (unpaired) electrons. The summed E-state index contributed by atoms with van der Waals surface area (Å²) in [6.07, 6.45) is 5.52. The summed E-state index contributed by atoms with van der Waals surface area (Å²) in [6.45, 7) is 4.30. The first-order chi connectivity index (χ1) is 8.65. The van der Waals surface area contributed by atoms with Crippen LogP contribution in [0.5, 0.6) is 0 Å². The minimum atomic E-state index is 0.699. The third kappa shape index (κ3) is 4.15. The van der Waals surface area contributed by atoms with Crippen LogP contribution in [-0.2, 0) is 6.54 Å². The molecular formula is C15H21Cl2N. The molecule has 1 fully saturated rings. The maximum atomic E-state index is 6.15. The van der Waals surface area contributed by atoms with E-state index < -0.39 is 0 Å². The Kier molecular flexibility index (Phi) is 5.35. The number of nitrogens with one attached hydrogen (secondary N) is 1. The zero-order chi connectivity index (χ0) is 13.0. The lowest BCUT2D eigenvalue weighted by Gasteiger charge is -2.26. The molecule has 3 heteroatoms. The molecule has 0 aromatic heterocycles. The van der Waals surface area contributed by atoms with E-state index >= 15 is 0 Å². The highest BCUT2D eigenvalue weighted by Gasteiger charge is 2.18. The number of hydrogen-bond donors (Lipinski definition) is 1. The quantitative estimate of drug-likeness (QED) is 0.829. The van der Waals surface area contributed by atoms with E-state index in [0.29, 0.717) is 5.02 Å². The molecular weight excluding hydrogens is 265 g/mol. The molecule has 2 unspecified atom stereocenters. The van der Waals surface area contributed by atoms with Gasteiger partial charge in [-0.1, -0.05) is 49.0 Å². The lowest BCUT2D eigenvalue weighted by atomic mass is 9.82. The SMILES string of the molecule is CC1CCCC(CNCc2ccc(Cl)cc2Cl)C1. The van der Waals surface area contributed by atoms with Gasteiger partial charge in [0.15, 0.2) is 0 Å². The van der Waals surface area contributed by atoms with Gasteiger partial charge in [0.2, 0.25) is 0 Å². The molecule has 1 N–H and O–H groups in total. The standard InChI is InChI=1S/C15H21Cl2N/c1-11-3-2-4-12(7-11)9-18-10-13-5-6-14(16)8-15(13)17/h5-6,8,11-12,18H,2-4,7,9-10H2,1H3. The Labute approximate surface area is 120 Å². The fourth-order valence-corrected chi connectivity index (χ4v) is 3.30. The van der Waals surface area contributed by atoms with Crippen molar-refractivity contribution in [3.8, 4) is 0 Å². The van der Waals surface area contributed by atoms with Gasteiger partial charge in [-0.3, -0.25) is 0 Å². The summed E-state index contributed by atoms with van der Waals surface area (Å²) in [4.78, 5) is 0. The van der Waals surface area contributed by atoms with Gasteiger partial charge in [0, 0.05) is 16.6 Å². The summed E-state index contributed by atoms with van der Waals surface area (Å²) in [7, 11) is 0. The Balaban J connectivity index is 1.77. The highest BCUT2D eigenvalue weighted by atomic mass is 35.5. The lowest BCUT2D eigenvalue weighted by molar-refractivity contribution is 0.274. The number of rotatable bonds is 4. The van der Waals surface area contributed by atoms with Gasteiger partial charge in [0.05, 0.1) is 0 Å². The fraction of sp³-hybridized carbons (Fsp3) is 0.600. The van der Waals surface area contributed by atoms with E-state index in [-0.39, 0.29) is 0 Å². The molecule has 1 saturated carbocycles. The lowest BCUT2D eigenvalue weighted by Crippen LogP contribution is -2.26. The molecule has 2 atom stereocenters. The second-order valence-corrected chi connectivity index (χ2v) is 6.35. The Morgan fingerprint density at radius 3 is 2.83 bits per heavy atom. The maximum absolute atomic E-state index is 6.15. The average molecular weight is 286 g/mol. The van der Waals surface area contributed by atoms with E-state index in [4.69, 9.17) is 23.2 Å². The topological polar surface area (TPSA) is 12.0 Å². The molecule has 1 aromatic rings. The zero-order valence-corrected chi connectivity index (χ0v) is 12.4. The van der Waals surface area contributed by atoms with Gasteiger partial charge in [0.1, 0.15) is 0 Å². The van der Waals surface area contributed by atoms with Gasteiger partial charge in [-0.25, -0.2) is 0 Å². The summed E-state index contributed by atoms with van der Waals surface area (Å²) in [5.41, 5.74) is 1.13. The number of hydrogen-bond acceptors (Lipinski definition) is 1. The summed E-state index contributed by atoms with van der Waals surface area (Å²) in [5.74, 6) is 1.73. The van der Waals surface area contributed by atoms with Crippen molar-refractivity contribution >= 4 is 23.2 Å². The Hall–Kier alpha value is -0.240. The molecule has 0 amide bonds. The molecule has 1 aliphatic carbocycles. The molecule has 1 nitrogen and oxygen atoms in total. The summed E-state index contributed by atoms with van der Waals surface area (Å²) >= 11 is 12.0. The van der Waals surface area contributed by atoms with E-state index in [1.54, 1.807) is 0 Å². The highest BCUT2D eigenvalue weighted by Crippen LogP contribution is 2.28. The fourth-order valence-electron chi connectivity index (χ4n) is 2.82. The van der Waals surface area contributed by atoms with E-state index in [0.717, 1.165) is 35.5 Å². The van der Waals surface area contributed by atoms with Crippen LogP contribution in [0.3, 0.4) is 0 Å². The van der Waals surface area contributed by atoms with E-state index in [1.165, 1.54) is 25.7 Å². The largest absolute Gasteiger partial charge is 0.312 e. The van der Waals surface area contributed by atoms with Crippen LogP contribution >= 0.6 is 23.2 Å². The minimum Gasteiger partial charge on any atom is -0.312 e. The second kappa shape index (κ2) is 6.79. The summed E-state index contributed by atoms with van der Waals surface area (Å²) in [6, 6.07) is 5.71. The normalized spacial score (nSPS) is 24.2. The number of halogens is 2. The van der Waals surface area contributed by atoms with Crippen LogP contribution in [0.2, 0.25) is 10.0 Å². The van der Waals surface area contributed by atoms with Crippen molar-refractivity contribution < 1.29 is 0 Å². The smallest absolute Gasteiger partial charge is 0.0465 e. The van der Waals surface area contributed by atoms with Crippen molar-refractivity contribution in [3.63, 3.8) is 0 Å². The van der Waals surface area contributed by atoms with Crippen LogP contribution in [0.1, 0.15) is 38.2 Å². The summed E-state index contributed by atoms with van der Waals surface area (Å²) < 4.78 is 0. The molecule has 0 aliphatic heterocycles. The third-order valence-corrected chi connectivity index (χ3v) is 4.40. The van der Waals surface area contributed by atoms with Gasteiger partial charge in [-0.15, -0.1) is 0 Å². The third-order valence-electron chi connectivity index (χ3n) is 3.81. The summed E-state index contributed by atoms with van der Waals surface area (Å²) in [5, 5.41) is 4.98. The van der Waals surface area contributed by atoms with Crippen LogP contribution in [0.15, 0.2) is 18.2 Å². The van der Waals surface area contributed by atoms with Gasteiger partial charge in [0.25, 0.3) is 0 Å². The van der Waals surface area contributed by atoms with Crippen molar-refractivity contribution in [1.29, 1.82) is 0 Å². The molecule has 0 heterocycles. The first kappa shape index (κ1) is 14.2. The van der Waals surface area contributed by atoms with Gasteiger partial charge in [-0.2, -0.15) is 0 Å². The molecule has 0 spiro atoms. The van der Waals surface area contributed by atoms with Crippen molar-refractivity contribution in [2.75, 3.05) is 6.54 Å². The minimum absolute atomic E-state index is 0.699. The first-order valence-corrected chi connectivity index (χ1v) is 7.55. The van der Waals surface area contributed by atoms with Gasteiger partial charge in [-0.05, 0) is 48.9 Å². The maximum Gasteiger partial charge on any atom is 0.0465 e. The van der Waals surface area contributed by atoms with Crippen molar-refractivity contribution in [2.24, 2.45) is 11.8 Å². The van der Waals surface area contributed by atoms with Crippen LogP contribution in [0.4, 0.5) is 0 Å². The molecule has 1 aliphatic rings. The molecule has 18 heavy (non-hydrogen) atoms. The van der Waals surface area contributed by atoms with Crippen molar-refractivity contribution in [1.82, 2.24) is 5.32 Å². The molecule has 2 rings (SSSR count). The zero-order valence-electron chi connectivity index (χ0n) is 10.9. The van der Waals surface area contributed by atoms with Crippen LogP contribution < -0.4 is 5.32 Å². The second-order valence-electron chi connectivity index (χ2n) is 5.50. The predicted octanol–water partition coefficient (Wildman–Crippen LogP) is 4.91. The monoisotopic (exact) mass is 285 g/mol. The predicted molar refractivity (Wildman–Crippen MR) is 79.3 cm³/mol. The van der Waals surface area contributed by atoms with Crippen molar-refractivity contribution in [3.05, 3.63) is 33.8 Å². The first-order valence-electron chi connectivity index (χ1n) is 6.80. The van der Waals surface area contributed by atoms with E-state index in [2.05, 4.69) is 12.2 Å². The van der Waals surface area contributed by atoms with E-state index in [9.17, 15) is 0 Å². The van der Waals surface area contributed by atoms with Crippen molar-refractivity contribution in [2.45, 2.75) is 39.2 Å². The Morgan fingerprint density at radius 2 is 2.11 bits per heavy atom. The van der Waals surface area contributed by atoms with Crippen LogP contribution in [0, 0.1) is 11.8 Å².